The summed E-state index contributed by atoms with van der Waals surface area (Å²) < 4.78 is 72.4. The lowest BCUT2D eigenvalue weighted by Gasteiger charge is -2.25. The van der Waals surface area contributed by atoms with Crippen LogP contribution in [0.25, 0.3) is 0 Å². The zero-order valence-electron chi connectivity index (χ0n) is 7.20. The van der Waals surface area contributed by atoms with Crippen LogP contribution in [0.5, 0.6) is 0 Å². The molecule has 0 aliphatic carbocycles. The normalized spacial score (nSPS) is 19.1. The molecule has 0 aliphatic rings. The van der Waals surface area contributed by atoms with Gasteiger partial charge in [0.1, 0.15) is 0 Å². The molecule has 0 amide bonds. The summed E-state index contributed by atoms with van der Waals surface area (Å²) in [5.74, 6) is -4.91. The van der Waals surface area contributed by atoms with Crippen LogP contribution >= 0.6 is 15.9 Å². The molecule has 2 unspecified atom stereocenters. The number of rotatable bonds is 5. The minimum atomic E-state index is -5.76. The van der Waals surface area contributed by atoms with E-state index in [9.17, 15) is 26.5 Å². The van der Waals surface area contributed by atoms with Crippen LogP contribution in [0.1, 0.15) is 6.42 Å². The van der Waals surface area contributed by atoms with Gasteiger partial charge in [-0.15, -0.1) is 4.94 Å². The van der Waals surface area contributed by atoms with Gasteiger partial charge >= 0.3 is 12.0 Å². The van der Waals surface area contributed by atoms with Gasteiger partial charge in [0.15, 0.2) is 6.17 Å². The second-order valence-corrected chi connectivity index (χ2v) is 3.20. The van der Waals surface area contributed by atoms with E-state index in [0.29, 0.717) is 0 Å². The molecule has 0 spiro atoms. The van der Waals surface area contributed by atoms with Gasteiger partial charge in [-0.25, -0.2) is 4.39 Å². The molecule has 0 fully saturated rings. The maximum Gasteiger partial charge on any atom is 0.454 e. The first-order valence-corrected chi connectivity index (χ1v) is 4.82. The second kappa shape index (κ2) is 5.74. The third-order valence-electron chi connectivity index (χ3n) is 1.50. The van der Waals surface area contributed by atoms with E-state index in [2.05, 4.69) is 20.9 Å². The molecular weight excluding hydrogens is 294 g/mol. The van der Waals surface area contributed by atoms with Crippen molar-refractivity contribution in [2.45, 2.75) is 24.6 Å². The van der Waals surface area contributed by atoms with E-state index >= 15 is 0 Å². The number of halogens is 7. The summed E-state index contributed by atoms with van der Waals surface area (Å²) >= 11 is 2.88. The fourth-order valence-electron chi connectivity index (χ4n) is 0.700. The number of alkyl halides is 6. The predicted octanol–water partition coefficient (Wildman–Crippen LogP) is 3.79. The Morgan fingerprint density at radius 1 is 1.20 bits per heavy atom. The van der Waals surface area contributed by atoms with Crippen LogP contribution in [-0.2, 0) is 4.94 Å². The summed E-state index contributed by atoms with van der Waals surface area (Å²) in [6.45, 7) is 0. The van der Waals surface area contributed by atoms with E-state index in [4.69, 9.17) is 0 Å². The number of hydrogen-bond acceptors (Lipinski definition) is 1. The highest BCUT2D eigenvalue weighted by Crippen LogP contribution is 2.40. The van der Waals surface area contributed by atoms with Crippen LogP contribution in [0.3, 0.4) is 0 Å². The molecule has 8 heteroatoms. The number of allylic oxidation sites excluding steroid dienone is 2. The number of hydrogen-bond donors (Lipinski definition) is 0. The monoisotopic (exact) mass is 300 g/mol. The summed E-state index contributed by atoms with van der Waals surface area (Å²) in [6, 6.07) is 0. The smallest absolute Gasteiger partial charge is 0.240 e. The van der Waals surface area contributed by atoms with Gasteiger partial charge in [0, 0.05) is 11.8 Å². The highest BCUT2D eigenvalue weighted by atomic mass is 79.9. The average Bonchev–Trinajstić information content (AvgIpc) is 2.15. The SMILES string of the molecule is FOC(F)(C(F)C/C=C/CBr)C(F)(F)F. The van der Waals surface area contributed by atoms with E-state index in [1.165, 1.54) is 6.08 Å². The van der Waals surface area contributed by atoms with E-state index in [1.54, 1.807) is 0 Å². The highest BCUT2D eigenvalue weighted by molar-refractivity contribution is 9.09. The summed E-state index contributed by atoms with van der Waals surface area (Å²) in [5, 5.41) is 0.265. The molecule has 0 aromatic carbocycles. The third-order valence-corrected chi connectivity index (χ3v) is 1.87. The van der Waals surface area contributed by atoms with Crippen molar-refractivity contribution in [1.29, 1.82) is 0 Å². The Labute approximate surface area is 90.1 Å². The van der Waals surface area contributed by atoms with Crippen LogP contribution < -0.4 is 0 Å². The molecule has 0 saturated carbocycles. The first kappa shape index (κ1) is 14.8. The van der Waals surface area contributed by atoms with Gasteiger partial charge in [-0.3, -0.25) is 0 Å². The van der Waals surface area contributed by atoms with Crippen LogP contribution in [0.2, 0.25) is 0 Å². The van der Waals surface area contributed by atoms with Gasteiger partial charge in [0.2, 0.25) is 0 Å². The third kappa shape index (κ3) is 3.67. The minimum absolute atomic E-state index is 0.265. The van der Waals surface area contributed by atoms with Gasteiger partial charge in [-0.1, -0.05) is 28.1 Å². The van der Waals surface area contributed by atoms with Crippen LogP contribution in [-0.4, -0.2) is 23.5 Å². The van der Waals surface area contributed by atoms with Crippen molar-refractivity contribution in [2.75, 3.05) is 5.33 Å². The Balaban J connectivity index is 4.59. The lowest BCUT2D eigenvalue weighted by atomic mass is 10.1. The van der Waals surface area contributed by atoms with E-state index in [-0.39, 0.29) is 5.33 Å². The van der Waals surface area contributed by atoms with E-state index in [1.807, 2.05) is 0 Å². The molecule has 0 aromatic rings. The molecular formula is C7H7BrF6O. The van der Waals surface area contributed by atoms with Gasteiger partial charge < -0.3 is 0 Å². The largest absolute Gasteiger partial charge is 0.454 e. The predicted molar refractivity (Wildman–Crippen MR) is 44.5 cm³/mol. The van der Waals surface area contributed by atoms with Gasteiger partial charge in [-0.05, 0) is 4.53 Å². The van der Waals surface area contributed by atoms with Crippen molar-refractivity contribution in [2.24, 2.45) is 0 Å². The van der Waals surface area contributed by atoms with Crippen molar-refractivity contribution in [3.05, 3.63) is 12.2 Å². The lowest BCUT2D eigenvalue weighted by Crippen LogP contribution is -2.49. The molecule has 2 atom stereocenters. The Morgan fingerprint density at radius 3 is 2.07 bits per heavy atom. The summed E-state index contributed by atoms with van der Waals surface area (Å²) in [6.07, 6.45) is -7.66. The van der Waals surface area contributed by atoms with Gasteiger partial charge in [-0.2, -0.15) is 17.6 Å². The van der Waals surface area contributed by atoms with Crippen molar-refractivity contribution in [1.82, 2.24) is 0 Å². The standard InChI is InChI=1S/C7H7BrF6O/c8-4-2-1-3-5(9)6(10,15-14)7(11,12)13/h1-2,5H,3-4H2/b2-1+. The Bertz CT molecular complexity index is 218. The maximum absolute atomic E-state index is 12.7. The molecule has 0 bridgehead atoms. The summed E-state index contributed by atoms with van der Waals surface area (Å²) in [5.41, 5.74) is 0. The lowest BCUT2D eigenvalue weighted by molar-refractivity contribution is -0.417. The quantitative estimate of drug-likeness (QED) is 0.426. The molecule has 0 radical (unpaired) electrons. The molecule has 15 heavy (non-hydrogen) atoms. The highest BCUT2D eigenvalue weighted by Gasteiger charge is 2.64. The summed E-state index contributed by atoms with van der Waals surface area (Å²) in [7, 11) is 0. The maximum atomic E-state index is 12.7. The van der Waals surface area contributed by atoms with Crippen LogP contribution in [0.15, 0.2) is 12.2 Å². The van der Waals surface area contributed by atoms with Crippen molar-refractivity contribution in [3.63, 3.8) is 0 Å². The van der Waals surface area contributed by atoms with E-state index < -0.39 is 24.6 Å². The second-order valence-electron chi connectivity index (χ2n) is 2.55. The molecule has 0 aliphatic heterocycles. The Hall–Kier alpha value is -0.240. The molecule has 0 aromatic heterocycles. The zero-order valence-corrected chi connectivity index (χ0v) is 8.79. The van der Waals surface area contributed by atoms with Gasteiger partial charge in [0.05, 0.1) is 0 Å². The topological polar surface area (TPSA) is 9.23 Å². The molecule has 1 nitrogen and oxygen atoms in total. The van der Waals surface area contributed by atoms with Crippen molar-refractivity contribution >= 4 is 15.9 Å². The minimum Gasteiger partial charge on any atom is -0.240 e. The summed E-state index contributed by atoms with van der Waals surface area (Å²) in [4.78, 5) is 2.08. The fraction of sp³-hybridized carbons (Fsp3) is 0.714. The average molecular weight is 301 g/mol. The first-order chi connectivity index (χ1) is 6.79. The fourth-order valence-corrected chi connectivity index (χ4v) is 0.964. The first-order valence-electron chi connectivity index (χ1n) is 3.70. The van der Waals surface area contributed by atoms with Crippen LogP contribution in [0.4, 0.5) is 26.5 Å². The van der Waals surface area contributed by atoms with E-state index in [0.717, 1.165) is 6.08 Å². The molecule has 0 saturated heterocycles. The van der Waals surface area contributed by atoms with Crippen molar-refractivity contribution in [3.8, 4) is 0 Å². The molecule has 0 heterocycles. The van der Waals surface area contributed by atoms with Gasteiger partial charge in [0.25, 0.3) is 0 Å². The molecule has 0 N–H and O–H groups in total. The Morgan fingerprint density at radius 2 is 1.73 bits per heavy atom. The zero-order chi connectivity index (χ0) is 12.1. The molecule has 90 valence electrons. The van der Waals surface area contributed by atoms with Crippen LogP contribution in [0, 0.1) is 0 Å². The Kier molecular flexibility index (Phi) is 5.65. The molecule has 0 rings (SSSR count). The van der Waals surface area contributed by atoms with Crippen molar-refractivity contribution < 1.29 is 31.4 Å².